The van der Waals surface area contributed by atoms with E-state index in [0.29, 0.717) is 0 Å². The van der Waals surface area contributed by atoms with E-state index in [4.69, 9.17) is 5.73 Å². The molecule has 18 heavy (non-hydrogen) atoms. The van der Waals surface area contributed by atoms with Crippen LogP contribution in [0.15, 0.2) is 36.7 Å². The first-order chi connectivity index (χ1) is 8.72. The molecule has 0 atom stereocenters. The van der Waals surface area contributed by atoms with E-state index >= 15 is 0 Å². The second-order valence-electron chi connectivity index (χ2n) is 3.90. The minimum Gasteiger partial charge on any atom is -0.399 e. The fraction of sp³-hybridized carbons (Fsp3) is 0.0833. The number of nitrogens with two attached hydrogens (primary N) is 1. The third-order valence-electron chi connectivity index (χ3n) is 2.51. The zero-order valence-electron chi connectivity index (χ0n) is 9.74. The smallest absolute Gasteiger partial charge is 0.232 e. The quantitative estimate of drug-likeness (QED) is 0.715. The lowest BCUT2D eigenvalue weighted by atomic mass is 10.1. The molecule has 0 aliphatic carbocycles. The standard InChI is InChI=1S/C12H11N5S/c1-8-15-16-12(18-8)17-7-10(6-14-17)9-3-2-4-11(13)5-9/h2-7H,13H2,1H3. The van der Waals surface area contributed by atoms with Gasteiger partial charge < -0.3 is 5.73 Å². The van der Waals surface area contributed by atoms with Crippen molar-refractivity contribution >= 4 is 17.0 Å². The summed E-state index contributed by atoms with van der Waals surface area (Å²) < 4.78 is 1.73. The third kappa shape index (κ3) is 1.98. The molecule has 2 heterocycles. The van der Waals surface area contributed by atoms with Crippen LogP contribution >= 0.6 is 11.3 Å². The highest BCUT2D eigenvalue weighted by Gasteiger charge is 2.07. The van der Waals surface area contributed by atoms with Gasteiger partial charge in [0.05, 0.1) is 6.20 Å². The molecular formula is C12H11N5S. The molecule has 0 radical (unpaired) electrons. The Hall–Kier alpha value is -2.21. The van der Waals surface area contributed by atoms with Gasteiger partial charge in [-0.15, -0.1) is 10.2 Å². The number of rotatable bonds is 2. The first kappa shape index (κ1) is 10.9. The molecule has 0 aliphatic rings. The molecule has 0 aliphatic heterocycles. The van der Waals surface area contributed by atoms with Crippen LogP contribution in [0.2, 0.25) is 0 Å². The van der Waals surface area contributed by atoms with Gasteiger partial charge in [-0.3, -0.25) is 0 Å². The minimum atomic E-state index is 0.743. The summed E-state index contributed by atoms with van der Waals surface area (Å²) >= 11 is 1.51. The van der Waals surface area contributed by atoms with Crippen molar-refractivity contribution in [2.24, 2.45) is 0 Å². The first-order valence-corrected chi connectivity index (χ1v) is 6.25. The summed E-state index contributed by atoms with van der Waals surface area (Å²) in [4.78, 5) is 0. The molecule has 0 unspecified atom stereocenters. The zero-order chi connectivity index (χ0) is 12.5. The fourth-order valence-corrected chi connectivity index (χ4v) is 2.29. The Balaban J connectivity index is 1.99. The summed E-state index contributed by atoms with van der Waals surface area (Å²) in [5, 5.41) is 14.0. The summed E-state index contributed by atoms with van der Waals surface area (Å²) in [6.07, 6.45) is 3.72. The van der Waals surface area contributed by atoms with E-state index in [9.17, 15) is 0 Å². The molecule has 2 aromatic heterocycles. The van der Waals surface area contributed by atoms with Crippen LogP contribution in [0.4, 0.5) is 5.69 Å². The van der Waals surface area contributed by atoms with Crippen LogP contribution in [-0.4, -0.2) is 20.0 Å². The SMILES string of the molecule is Cc1nnc(-n2cc(-c3cccc(N)c3)cn2)s1. The molecule has 0 fully saturated rings. The van der Waals surface area contributed by atoms with Crippen molar-refractivity contribution in [3.63, 3.8) is 0 Å². The maximum Gasteiger partial charge on any atom is 0.232 e. The molecular weight excluding hydrogens is 246 g/mol. The molecule has 0 saturated carbocycles. The fourth-order valence-electron chi connectivity index (χ4n) is 1.67. The molecule has 0 bridgehead atoms. The van der Waals surface area contributed by atoms with Gasteiger partial charge in [0.25, 0.3) is 0 Å². The lowest BCUT2D eigenvalue weighted by Gasteiger charge is -1.98. The largest absolute Gasteiger partial charge is 0.399 e. The monoisotopic (exact) mass is 257 g/mol. The zero-order valence-corrected chi connectivity index (χ0v) is 10.6. The van der Waals surface area contributed by atoms with E-state index in [2.05, 4.69) is 15.3 Å². The molecule has 3 rings (SSSR count). The van der Waals surface area contributed by atoms with Crippen LogP contribution in [0.25, 0.3) is 16.3 Å². The van der Waals surface area contributed by atoms with Crippen molar-refractivity contribution in [3.05, 3.63) is 41.7 Å². The van der Waals surface area contributed by atoms with E-state index in [1.165, 1.54) is 11.3 Å². The van der Waals surface area contributed by atoms with Crippen LogP contribution in [0.1, 0.15) is 5.01 Å². The molecule has 0 amide bonds. The van der Waals surface area contributed by atoms with Gasteiger partial charge in [0.2, 0.25) is 5.13 Å². The topological polar surface area (TPSA) is 69.6 Å². The second kappa shape index (κ2) is 4.23. The Morgan fingerprint density at radius 2 is 2.11 bits per heavy atom. The minimum absolute atomic E-state index is 0.743. The Morgan fingerprint density at radius 3 is 2.83 bits per heavy atom. The number of hydrogen-bond acceptors (Lipinski definition) is 5. The molecule has 6 heteroatoms. The summed E-state index contributed by atoms with van der Waals surface area (Å²) in [6, 6.07) is 7.72. The van der Waals surface area contributed by atoms with Crippen LogP contribution in [0.5, 0.6) is 0 Å². The van der Waals surface area contributed by atoms with Crippen molar-refractivity contribution in [2.45, 2.75) is 6.92 Å². The van der Waals surface area contributed by atoms with Crippen molar-refractivity contribution in [3.8, 4) is 16.3 Å². The predicted molar refractivity (Wildman–Crippen MR) is 71.6 cm³/mol. The highest BCUT2D eigenvalue weighted by molar-refractivity contribution is 7.13. The van der Waals surface area contributed by atoms with E-state index in [1.54, 1.807) is 10.9 Å². The van der Waals surface area contributed by atoms with E-state index < -0.39 is 0 Å². The lowest BCUT2D eigenvalue weighted by molar-refractivity contribution is 0.844. The van der Waals surface area contributed by atoms with Crippen LogP contribution in [-0.2, 0) is 0 Å². The van der Waals surface area contributed by atoms with Crippen molar-refractivity contribution in [1.82, 2.24) is 20.0 Å². The normalized spacial score (nSPS) is 10.7. The highest BCUT2D eigenvalue weighted by atomic mass is 32.1. The van der Waals surface area contributed by atoms with Crippen LogP contribution in [0, 0.1) is 6.92 Å². The number of nitrogen functional groups attached to an aromatic ring is 1. The second-order valence-corrected chi connectivity index (χ2v) is 5.06. The average molecular weight is 257 g/mol. The Morgan fingerprint density at radius 1 is 1.22 bits per heavy atom. The summed E-state index contributed by atoms with van der Waals surface area (Å²) in [7, 11) is 0. The number of aromatic nitrogens is 4. The number of nitrogens with zero attached hydrogens (tertiary/aromatic N) is 4. The number of benzene rings is 1. The maximum atomic E-state index is 5.77. The molecule has 90 valence electrons. The predicted octanol–water partition coefficient (Wildman–Crippen LogP) is 2.28. The van der Waals surface area contributed by atoms with Crippen molar-refractivity contribution < 1.29 is 0 Å². The van der Waals surface area contributed by atoms with Crippen molar-refractivity contribution in [1.29, 1.82) is 0 Å². The van der Waals surface area contributed by atoms with Gasteiger partial charge >= 0.3 is 0 Å². The first-order valence-electron chi connectivity index (χ1n) is 5.43. The maximum absolute atomic E-state index is 5.77. The summed E-state index contributed by atoms with van der Waals surface area (Å²) in [6.45, 7) is 1.92. The average Bonchev–Trinajstić information content (AvgIpc) is 2.97. The highest BCUT2D eigenvalue weighted by Crippen LogP contribution is 2.22. The Kier molecular flexibility index (Phi) is 2.56. The van der Waals surface area contributed by atoms with Crippen molar-refractivity contribution in [2.75, 3.05) is 5.73 Å². The third-order valence-corrected chi connectivity index (χ3v) is 3.34. The summed E-state index contributed by atoms with van der Waals surface area (Å²) in [5.74, 6) is 0. The van der Waals surface area contributed by atoms with E-state index in [1.807, 2.05) is 37.4 Å². The number of hydrogen-bond donors (Lipinski definition) is 1. The lowest BCUT2D eigenvalue weighted by Crippen LogP contribution is -1.92. The van der Waals surface area contributed by atoms with Gasteiger partial charge in [0.1, 0.15) is 5.01 Å². The number of aryl methyl sites for hydroxylation is 1. The number of anilines is 1. The molecule has 2 N–H and O–H groups in total. The van der Waals surface area contributed by atoms with Gasteiger partial charge in [0.15, 0.2) is 0 Å². The van der Waals surface area contributed by atoms with Crippen LogP contribution in [0.3, 0.4) is 0 Å². The summed E-state index contributed by atoms with van der Waals surface area (Å²) in [5.41, 5.74) is 8.57. The van der Waals surface area contributed by atoms with Gasteiger partial charge in [-0.2, -0.15) is 5.10 Å². The Bertz CT molecular complexity index is 685. The molecule has 1 aromatic carbocycles. The van der Waals surface area contributed by atoms with Gasteiger partial charge in [-0.25, -0.2) is 4.68 Å². The van der Waals surface area contributed by atoms with Crippen LogP contribution < -0.4 is 5.73 Å². The molecule has 3 aromatic rings. The van der Waals surface area contributed by atoms with Gasteiger partial charge in [-0.1, -0.05) is 23.5 Å². The molecule has 5 nitrogen and oxygen atoms in total. The molecule has 0 saturated heterocycles. The van der Waals surface area contributed by atoms with Gasteiger partial charge in [0, 0.05) is 17.4 Å². The molecule has 0 spiro atoms. The Labute approximate surface area is 108 Å². The van der Waals surface area contributed by atoms with E-state index in [-0.39, 0.29) is 0 Å². The van der Waals surface area contributed by atoms with Gasteiger partial charge in [-0.05, 0) is 24.6 Å². The van der Waals surface area contributed by atoms with E-state index in [0.717, 1.165) is 27.0 Å².